The van der Waals surface area contributed by atoms with Gasteiger partial charge >= 0.3 is 0 Å². The van der Waals surface area contributed by atoms with Crippen LogP contribution in [0, 0.1) is 51.7 Å². The zero-order valence-electron chi connectivity index (χ0n) is 26.9. The van der Waals surface area contributed by atoms with Gasteiger partial charge in [0.15, 0.2) is 0 Å². The van der Waals surface area contributed by atoms with Crippen LogP contribution < -0.4 is 11.5 Å². The Morgan fingerprint density at radius 2 is 1.71 bits per heavy atom. The van der Waals surface area contributed by atoms with Crippen LogP contribution in [0.3, 0.4) is 0 Å². The van der Waals surface area contributed by atoms with E-state index in [0.717, 1.165) is 36.3 Å². The summed E-state index contributed by atoms with van der Waals surface area (Å²) in [6.07, 6.45) is 21.5. The van der Waals surface area contributed by atoms with E-state index in [1.54, 1.807) is 0 Å². The summed E-state index contributed by atoms with van der Waals surface area (Å²) in [4.78, 5) is 0. The fraction of sp³-hybridized carbons (Fsp3) is 0.816. The van der Waals surface area contributed by atoms with Crippen molar-refractivity contribution < 1.29 is 0 Å². The van der Waals surface area contributed by atoms with Crippen molar-refractivity contribution in [3.05, 3.63) is 34.9 Å². The van der Waals surface area contributed by atoms with Crippen molar-refractivity contribution >= 4 is 5.71 Å². The van der Waals surface area contributed by atoms with Gasteiger partial charge < -0.3 is 16.9 Å². The minimum atomic E-state index is 0.00956. The van der Waals surface area contributed by atoms with Crippen LogP contribution in [0.4, 0.5) is 0 Å². The number of benzene rings is 1. The molecule has 0 saturated heterocycles. The fourth-order valence-electron chi connectivity index (χ4n) is 12.1. The lowest BCUT2D eigenvalue weighted by Gasteiger charge is -2.67. The maximum Gasteiger partial charge on any atom is 0.0417 e. The van der Waals surface area contributed by atoms with Crippen molar-refractivity contribution in [3.63, 3.8) is 0 Å². The maximum atomic E-state index is 9.12. The highest BCUT2D eigenvalue weighted by molar-refractivity contribution is 6.00. The first-order valence-corrected chi connectivity index (χ1v) is 17.9. The zero-order chi connectivity index (χ0) is 29.0. The van der Waals surface area contributed by atoms with Crippen LogP contribution in [-0.2, 0) is 12.8 Å². The van der Waals surface area contributed by atoms with Gasteiger partial charge in [-0.2, -0.15) is 0 Å². The molecular weight excluding hydrogens is 498 g/mol. The van der Waals surface area contributed by atoms with Gasteiger partial charge in [-0.3, -0.25) is 0 Å². The SMILES string of the molecule is CCC(CCCC1CCC2C1(C)CC[C@@H]1C3(C)CC[C@@H](N)CC3[C@@H](CC)CC21N)C(=N)c1ccc2c(c1)CCCC2. The van der Waals surface area contributed by atoms with Crippen LogP contribution >= 0.6 is 0 Å². The van der Waals surface area contributed by atoms with Gasteiger partial charge in [-0.1, -0.05) is 52.7 Å². The molecule has 41 heavy (non-hydrogen) atoms. The van der Waals surface area contributed by atoms with E-state index in [4.69, 9.17) is 16.9 Å². The number of fused-ring (bicyclic) bond motifs is 6. The second-order valence-corrected chi connectivity index (χ2v) is 16.2. The summed E-state index contributed by atoms with van der Waals surface area (Å²) in [5.74, 6) is 4.06. The Kier molecular flexibility index (Phi) is 8.29. The number of hydrogen-bond donors (Lipinski definition) is 3. The molecule has 0 spiro atoms. The average molecular weight is 560 g/mol. The number of hydrogen-bond acceptors (Lipinski definition) is 3. The van der Waals surface area contributed by atoms with E-state index in [2.05, 4.69) is 45.9 Å². The van der Waals surface area contributed by atoms with E-state index in [0.29, 0.717) is 34.6 Å². The molecule has 0 aliphatic heterocycles. The molecule has 10 atom stereocenters. The van der Waals surface area contributed by atoms with E-state index in [1.807, 2.05) is 0 Å². The van der Waals surface area contributed by atoms with Gasteiger partial charge in [-0.25, -0.2) is 0 Å². The first-order valence-electron chi connectivity index (χ1n) is 17.9. The molecule has 3 heteroatoms. The van der Waals surface area contributed by atoms with E-state index >= 15 is 0 Å². The molecule has 5 aliphatic carbocycles. The van der Waals surface area contributed by atoms with E-state index in [-0.39, 0.29) is 5.54 Å². The molecule has 1 aromatic carbocycles. The predicted molar refractivity (Wildman–Crippen MR) is 173 cm³/mol. The lowest BCUT2D eigenvalue weighted by Crippen LogP contribution is -2.70. The van der Waals surface area contributed by atoms with E-state index in [1.165, 1.54) is 113 Å². The van der Waals surface area contributed by atoms with Crippen molar-refractivity contribution in [3.8, 4) is 0 Å². The summed E-state index contributed by atoms with van der Waals surface area (Å²) >= 11 is 0. The van der Waals surface area contributed by atoms with Crippen molar-refractivity contribution in [2.24, 2.45) is 57.8 Å². The molecule has 0 amide bonds. The number of aryl methyl sites for hydroxylation is 2. The molecule has 6 rings (SSSR count). The van der Waals surface area contributed by atoms with Crippen molar-refractivity contribution in [1.29, 1.82) is 5.41 Å². The molecule has 7 unspecified atom stereocenters. The van der Waals surface area contributed by atoms with Crippen LogP contribution in [0.15, 0.2) is 18.2 Å². The Bertz CT molecular complexity index is 1110. The normalized spacial score (nSPS) is 42.5. The third kappa shape index (κ3) is 4.98. The second kappa shape index (κ2) is 11.4. The van der Waals surface area contributed by atoms with Gasteiger partial charge in [0, 0.05) is 23.2 Å². The van der Waals surface area contributed by atoms with Gasteiger partial charge in [-0.05, 0) is 159 Å². The monoisotopic (exact) mass is 559 g/mol. The highest BCUT2D eigenvalue weighted by Gasteiger charge is 2.66. The van der Waals surface area contributed by atoms with Gasteiger partial charge in [0.25, 0.3) is 0 Å². The minimum Gasteiger partial charge on any atom is -0.328 e. The molecule has 0 aromatic heterocycles. The summed E-state index contributed by atoms with van der Waals surface area (Å²) in [6.45, 7) is 10.00. The molecule has 0 bridgehead atoms. The Morgan fingerprint density at radius 3 is 2.46 bits per heavy atom. The van der Waals surface area contributed by atoms with Gasteiger partial charge in [0.2, 0.25) is 0 Å². The minimum absolute atomic E-state index is 0.00956. The molecule has 5 N–H and O–H groups in total. The van der Waals surface area contributed by atoms with E-state index < -0.39 is 0 Å². The number of rotatable bonds is 8. The second-order valence-electron chi connectivity index (χ2n) is 16.2. The Morgan fingerprint density at radius 1 is 0.976 bits per heavy atom. The van der Waals surface area contributed by atoms with E-state index in [9.17, 15) is 0 Å². The first-order chi connectivity index (χ1) is 19.6. The summed E-state index contributed by atoms with van der Waals surface area (Å²) in [5, 5.41) is 9.12. The van der Waals surface area contributed by atoms with Gasteiger partial charge in [0.05, 0.1) is 0 Å². The largest absolute Gasteiger partial charge is 0.328 e. The fourth-order valence-corrected chi connectivity index (χ4v) is 12.1. The topological polar surface area (TPSA) is 75.9 Å². The number of nitrogens with one attached hydrogen (secondary N) is 1. The van der Waals surface area contributed by atoms with Crippen LogP contribution in [0.2, 0.25) is 0 Å². The molecular formula is C38H61N3. The molecule has 228 valence electrons. The maximum absolute atomic E-state index is 9.12. The molecule has 0 radical (unpaired) electrons. The summed E-state index contributed by atoms with van der Waals surface area (Å²) in [6, 6.07) is 7.33. The Labute approximate surface area is 251 Å². The molecule has 0 heterocycles. The lowest BCUT2D eigenvalue weighted by molar-refractivity contribution is -0.151. The summed E-state index contributed by atoms with van der Waals surface area (Å²) in [5.41, 5.74) is 20.2. The van der Waals surface area contributed by atoms with Crippen LogP contribution in [0.25, 0.3) is 0 Å². The van der Waals surface area contributed by atoms with Crippen LogP contribution in [0.1, 0.15) is 141 Å². The Balaban J connectivity index is 1.12. The summed E-state index contributed by atoms with van der Waals surface area (Å²) in [7, 11) is 0. The molecule has 4 fully saturated rings. The molecule has 3 nitrogen and oxygen atoms in total. The highest BCUT2D eigenvalue weighted by atomic mass is 14.9. The standard InChI is InChI=1S/C38H61N3/c1-5-25(35(40)29-15-14-27-10-7-8-11-28(27)22-29)12-9-13-30-16-17-33-36(30,3)21-19-34-37(4)20-18-31(39)23-32(37)26(6-2)24-38(33,34)41/h14-15,22,25-26,30-34,40H,5-13,16-21,23-24,39,41H2,1-4H3/t25?,26-,30?,31+,32?,33?,34+,36?,37?,38?/m0/s1. The quantitative estimate of drug-likeness (QED) is 0.278. The van der Waals surface area contributed by atoms with Crippen molar-refractivity contribution in [2.75, 3.05) is 0 Å². The zero-order valence-corrected chi connectivity index (χ0v) is 26.9. The lowest BCUT2D eigenvalue weighted by atomic mass is 9.39. The average Bonchev–Trinajstić information content (AvgIpc) is 3.32. The van der Waals surface area contributed by atoms with Crippen molar-refractivity contribution in [2.45, 2.75) is 148 Å². The summed E-state index contributed by atoms with van der Waals surface area (Å²) < 4.78 is 0. The predicted octanol–water partition coefficient (Wildman–Crippen LogP) is 8.83. The Hall–Kier alpha value is -1.19. The molecule has 1 aromatic rings. The highest BCUT2D eigenvalue weighted by Crippen LogP contribution is 2.69. The molecule has 4 saturated carbocycles. The smallest absolute Gasteiger partial charge is 0.0417 e. The third-order valence-corrected chi connectivity index (χ3v) is 14.4. The van der Waals surface area contributed by atoms with Gasteiger partial charge in [0.1, 0.15) is 0 Å². The van der Waals surface area contributed by atoms with Crippen LogP contribution in [-0.4, -0.2) is 17.3 Å². The van der Waals surface area contributed by atoms with Crippen LogP contribution in [0.5, 0.6) is 0 Å². The van der Waals surface area contributed by atoms with Crippen molar-refractivity contribution in [1.82, 2.24) is 0 Å². The third-order valence-electron chi connectivity index (χ3n) is 14.4. The first kappa shape index (κ1) is 29.9. The van der Waals surface area contributed by atoms with Gasteiger partial charge in [-0.15, -0.1) is 0 Å². The molecule has 5 aliphatic rings. The number of nitrogens with two attached hydrogens (primary N) is 2.